The van der Waals surface area contributed by atoms with Gasteiger partial charge in [-0.05, 0) is 25.1 Å². The summed E-state index contributed by atoms with van der Waals surface area (Å²) in [6.07, 6.45) is 3.50. The van der Waals surface area contributed by atoms with Crippen LogP contribution in [0.1, 0.15) is 22.8 Å². The SMILES string of the molecule is CCn1cc(CNC(=O)c2cccc(OC(F)F)c2)cn1. The van der Waals surface area contributed by atoms with Gasteiger partial charge in [-0.3, -0.25) is 9.48 Å². The molecule has 1 amide bonds. The normalized spacial score (nSPS) is 10.7. The van der Waals surface area contributed by atoms with Crippen LogP contribution in [0.25, 0.3) is 0 Å². The quantitative estimate of drug-likeness (QED) is 0.890. The molecule has 1 aromatic carbocycles. The first-order chi connectivity index (χ1) is 10.1. The summed E-state index contributed by atoms with van der Waals surface area (Å²) >= 11 is 0. The van der Waals surface area contributed by atoms with Gasteiger partial charge in [-0.2, -0.15) is 13.9 Å². The molecule has 0 aliphatic rings. The molecule has 21 heavy (non-hydrogen) atoms. The van der Waals surface area contributed by atoms with Crippen molar-refractivity contribution in [3.63, 3.8) is 0 Å². The van der Waals surface area contributed by atoms with Gasteiger partial charge >= 0.3 is 6.61 Å². The third-order valence-corrected chi connectivity index (χ3v) is 2.79. The highest BCUT2D eigenvalue weighted by Gasteiger charge is 2.09. The molecule has 0 aliphatic heterocycles. The van der Waals surface area contributed by atoms with Gasteiger partial charge in [0.05, 0.1) is 6.20 Å². The van der Waals surface area contributed by atoms with Crippen molar-refractivity contribution in [2.45, 2.75) is 26.6 Å². The number of carbonyl (C=O) groups is 1. The van der Waals surface area contributed by atoms with Crippen molar-refractivity contribution in [2.75, 3.05) is 0 Å². The lowest BCUT2D eigenvalue weighted by Gasteiger charge is -2.07. The fourth-order valence-electron chi connectivity index (χ4n) is 1.77. The molecule has 0 saturated carbocycles. The van der Waals surface area contributed by atoms with E-state index in [2.05, 4.69) is 15.2 Å². The number of alkyl halides is 2. The van der Waals surface area contributed by atoms with Crippen LogP contribution in [-0.2, 0) is 13.1 Å². The number of ether oxygens (including phenoxy) is 1. The highest BCUT2D eigenvalue weighted by molar-refractivity contribution is 5.94. The van der Waals surface area contributed by atoms with Gasteiger partial charge in [-0.25, -0.2) is 0 Å². The summed E-state index contributed by atoms with van der Waals surface area (Å²) in [6, 6.07) is 5.66. The lowest BCUT2D eigenvalue weighted by molar-refractivity contribution is -0.0498. The molecule has 0 saturated heterocycles. The van der Waals surface area contributed by atoms with E-state index in [1.165, 1.54) is 24.3 Å². The molecule has 0 radical (unpaired) electrons. The predicted molar refractivity (Wildman–Crippen MR) is 72.1 cm³/mol. The van der Waals surface area contributed by atoms with Crippen LogP contribution in [0.5, 0.6) is 5.75 Å². The number of nitrogens with one attached hydrogen (secondary N) is 1. The van der Waals surface area contributed by atoms with Gasteiger partial charge < -0.3 is 10.1 Å². The predicted octanol–water partition coefficient (Wildman–Crippen LogP) is 2.43. The van der Waals surface area contributed by atoms with E-state index < -0.39 is 6.61 Å². The molecule has 0 fully saturated rings. The number of hydrogen-bond acceptors (Lipinski definition) is 3. The number of hydrogen-bond donors (Lipinski definition) is 1. The number of amides is 1. The van der Waals surface area contributed by atoms with Crippen LogP contribution in [0, 0.1) is 0 Å². The molecule has 0 atom stereocenters. The highest BCUT2D eigenvalue weighted by atomic mass is 19.3. The second-order valence-corrected chi connectivity index (χ2v) is 4.29. The van der Waals surface area contributed by atoms with E-state index in [1.54, 1.807) is 10.9 Å². The van der Waals surface area contributed by atoms with Crippen molar-refractivity contribution >= 4 is 5.91 Å². The molecule has 0 aliphatic carbocycles. The van der Waals surface area contributed by atoms with Gasteiger partial charge in [0, 0.05) is 30.4 Å². The van der Waals surface area contributed by atoms with Crippen LogP contribution in [-0.4, -0.2) is 22.3 Å². The van der Waals surface area contributed by atoms with E-state index in [9.17, 15) is 13.6 Å². The average molecular weight is 295 g/mol. The Morgan fingerprint density at radius 1 is 1.48 bits per heavy atom. The maximum absolute atomic E-state index is 12.1. The first-order valence-electron chi connectivity index (χ1n) is 6.43. The van der Waals surface area contributed by atoms with Crippen molar-refractivity contribution in [2.24, 2.45) is 0 Å². The summed E-state index contributed by atoms with van der Waals surface area (Å²) in [5.41, 5.74) is 1.13. The Labute approximate surface area is 120 Å². The fraction of sp³-hybridized carbons (Fsp3) is 0.286. The van der Waals surface area contributed by atoms with Gasteiger partial charge in [-0.15, -0.1) is 0 Å². The number of benzene rings is 1. The molecule has 0 spiro atoms. The minimum Gasteiger partial charge on any atom is -0.435 e. The minimum atomic E-state index is -2.91. The average Bonchev–Trinajstić information content (AvgIpc) is 2.92. The fourth-order valence-corrected chi connectivity index (χ4v) is 1.77. The summed E-state index contributed by atoms with van der Waals surface area (Å²) in [6.45, 7) is 0.118. The topological polar surface area (TPSA) is 56.2 Å². The number of nitrogens with zero attached hydrogens (tertiary/aromatic N) is 2. The van der Waals surface area contributed by atoms with E-state index in [-0.39, 0.29) is 17.2 Å². The molecule has 0 unspecified atom stereocenters. The minimum absolute atomic E-state index is 0.0450. The Morgan fingerprint density at radius 3 is 2.95 bits per heavy atom. The Hall–Kier alpha value is -2.44. The monoisotopic (exact) mass is 295 g/mol. The molecule has 0 bridgehead atoms. The molecular formula is C14H15F2N3O2. The number of rotatable bonds is 6. The molecule has 7 heteroatoms. The van der Waals surface area contributed by atoms with E-state index in [0.717, 1.165) is 12.1 Å². The largest absolute Gasteiger partial charge is 0.435 e. The summed E-state index contributed by atoms with van der Waals surface area (Å²) in [4.78, 5) is 12.0. The zero-order valence-electron chi connectivity index (χ0n) is 11.4. The van der Waals surface area contributed by atoms with Gasteiger partial charge in [0.1, 0.15) is 5.75 Å². The van der Waals surface area contributed by atoms with E-state index in [4.69, 9.17) is 0 Å². The van der Waals surface area contributed by atoms with E-state index in [1.807, 2.05) is 13.1 Å². The zero-order valence-corrected chi connectivity index (χ0v) is 11.4. The smallest absolute Gasteiger partial charge is 0.387 e. The van der Waals surface area contributed by atoms with E-state index in [0.29, 0.717) is 6.54 Å². The van der Waals surface area contributed by atoms with Crippen molar-refractivity contribution in [3.8, 4) is 5.75 Å². The van der Waals surface area contributed by atoms with Crippen molar-refractivity contribution < 1.29 is 18.3 Å². The van der Waals surface area contributed by atoms with Crippen LogP contribution < -0.4 is 10.1 Å². The lowest BCUT2D eigenvalue weighted by atomic mass is 10.2. The Morgan fingerprint density at radius 2 is 2.29 bits per heavy atom. The van der Waals surface area contributed by atoms with Gasteiger partial charge in [0.15, 0.2) is 0 Å². The van der Waals surface area contributed by atoms with Gasteiger partial charge in [0.2, 0.25) is 0 Å². The second-order valence-electron chi connectivity index (χ2n) is 4.29. The Bertz CT molecular complexity index is 614. The van der Waals surface area contributed by atoms with E-state index >= 15 is 0 Å². The second kappa shape index (κ2) is 6.83. The molecular weight excluding hydrogens is 280 g/mol. The highest BCUT2D eigenvalue weighted by Crippen LogP contribution is 2.16. The molecule has 2 aromatic rings. The van der Waals surface area contributed by atoms with Crippen LogP contribution in [0.15, 0.2) is 36.7 Å². The molecule has 2 rings (SSSR count). The Kier molecular flexibility index (Phi) is 4.86. The molecule has 5 nitrogen and oxygen atoms in total. The lowest BCUT2D eigenvalue weighted by Crippen LogP contribution is -2.22. The number of aryl methyl sites for hydroxylation is 1. The maximum Gasteiger partial charge on any atom is 0.387 e. The summed E-state index contributed by atoms with van der Waals surface area (Å²) in [7, 11) is 0. The zero-order chi connectivity index (χ0) is 15.2. The van der Waals surface area contributed by atoms with Gasteiger partial charge in [0.25, 0.3) is 5.91 Å². The molecule has 1 heterocycles. The number of carbonyl (C=O) groups excluding carboxylic acids is 1. The number of halogens is 2. The summed E-state index contributed by atoms with van der Waals surface area (Å²) in [5, 5.41) is 6.79. The third kappa shape index (κ3) is 4.27. The van der Waals surface area contributed by atoms with Crippen molar-refractivity contribution in [1.29, 1.82) is 0 Å². The maximum atomic E-state index is 12.1. The van der Waals surface area contributed by atoms with Crippen LogP contribution in [0.4, 0.5) is 8.78 Å². The Balaban J connectivity index is 1.96. The summed E-state index contributed by atoms with van der Waals surface area (Å²) < 4.78 is 30.3. The van der Waals surface area contributed by atoms with Crippen molar-refractivity contribution in [1.82, 2.24) is 15.1 Å². The molecule has 112 valence electrons. The summed E-state index contributed by atoms with van der Waals surface area (Å²) in [5.74, 6) is -0.407. The number of aromatic nitrogens is 2. The van der Waals surface area contributed by atoms with Crippen LogP contribution in [0.3, 0.4) is 0 Å². The molecule has 1 N–H and O–H groups in total. The third-order valence-electron chi connectivity index (χ3n) is 2.79. The van der Waals surface area contributed by atoms with Gasteiger partial charge in [-0.1, -0.05) is 6.07 Å². The first-order valence-corrected chi connectivity index (χ1v) is 6.43. The van der Waals surface area contributed by atoms with Crippen LogP contribution in [0.2, 0.25) is 0 Å². The van der Waals surface area contributed by atoms with Crippen LogP contribution >= 0.6 is 0 Å². The molecule has 1 aromatic heterocycles. The standard InChI is InChI=1S/C14H15F2N3O2/c1-2-19-9-10(8-18-19)7-17-13(20)11-4-3-5-12(6-11)21-14(15)16/h3-6,8-9,14H,2,7H2,1H3,(H,17,20). The van der Waals surface area contributed by atoms with Crippen molar-refractivity contribution in [3.05, 3.63) is 47.8 Å². The first kappa shape index (κ1) is 15.0.